The van der Waals surface area contributed by atoms with E-state index in [4.69, 9.17) is 0 Å². The summed E-state index contributed by atoms with van der Waals surface area (Å²) in [6, 6.07) is 10.7. The van der Waals surface area contributed by atoms with Crippen molar-refractivity contribution in [2.75, 3.05) is 6.61 Å². The molecule has 0 bridgehead atoms. The maximum atomic E-state index is 9.67. The lowest BCUT2D eigenvalue weighted by molar-refractivity contribution is 0.118. The standard InChI is InChI=1S/C18H25N3O/c1-14-19-11-16(21(14)15-7-4-3-5-8-15)12-20-17-9-6-10-18(17,2)13-22/h3-5,7-8,11,17,20,22H,6,9-10,12-13H2,1-2H3. The van der Waals surface area contributed by atoms with Crippen LogP contribution in [0, 0.1) is 12.3 Å². The van der Waals surface area contributed by atoms with Gasteiger partial charge in [0.15, 0.2) is 0 Å². The zero-order chi connectivity index (χ0) is 15.6. The lowest BCUT2D eigenvalue weighted by atomic mass is 9.86. The highest BCUT2D eigenvalue weighted by Crippen LogP contribution is 2.37. The van der Waals surface area contributed by atoms with Crippen molar-refractivity contribution in [3.8, 4) is 5.69 Å². The van der Waals surface area contributed by atoms with Crippen LogP contribution in [-0.4, -0.2) is 27.3 Å². The molecule has 2 unspecified atom stereocenters. The highest BCUT2D eigenvalue weighted by atomic mass is 16.3. The van der Waals surface area contributed by atoms with Gasteiger partial charge in [-0.15, -0.1) is 0 Å². The van der Waals surface area contributed by atoms with Crippen molar-refractivity contribution in [3.63, 3.8) is 0 Å². The first-order chi connectivity index (χ1) is 10.6. The highest BCUT2D eigenvalue weighted by molar-refractivity contribution is 5.35. The van der Waals surface area contributed by atoms with E-state index in [0.29, 0.717) is 6.04 Å². The molecule has 1 saturated carbocycles. The maximum Gasteiger partial charge on any atom is 0.110 e. The van der Waals surface area contributed by atoms with Gasteiger partial charge in [-0.3, -0.25) is 4.57 Å². The minimum atomic E-state index is 0.00659. The largest absolute Gasteiger partial charge is 0.396 e. The molecule has 0 amide bonds. The number of hydrogen-bond acceptors (Lipinski definition) is 3. The van der Waals surface area contributed by atoms with E-state index in [1.165, 1.54) is 6.42 Å². The summed E-state index contributed by atoms with van der Waals surface area (Å²) in [5.41, 5.74) is 2.31. The van der Waals surface area contributed by atoms with Crippen LogP contribution in [0.4, 0.5) is 0 Å². The number of para-hydroxylation sites is 1. The summed E-state index contributed by atoms with van der Waals surface area (Å²) in [5.74, 6) is 0.999. The Morgan fingerprint density at radius 3 is 2.86 bits per heavy atom. The SMILES string of the molecule is Cc1ncc(CNC2CCCC2(C)CO)n1-c1ccccc1. The Morgan fingerprint density at radius 2 is 2.14 bits per heavy atom. The minimum absolute atomic E-state index is 0.00659. The van der Waals surface area contributed by atoms with Gasteiger partial charge in [0.1, 0.15) is 5.82 Å². The van der Waals surface area contributed by atoms with Crippen LogP contribution in [0.15, 0.2) is 36.5 Å². The molecule has 0 saturated heterocycles. The number of aliphatic hydroxyl groups is 1. The Morgan fingerprint density at radius 1 is 1.36 bits per heavy atom. The number of nitrogens with one attached hydrogen (secondary N) is 1. The summed E-state index contributed by atoms with van der Waals surface area (Å²) in [7, 11) is 0. The number of nitrogens with zero attached hydrogens (tertiary/aromatic N) is 2. The topological polar surface area (TPSA) is 50.1 Å². The van der Waals surface area contributed by atoms with E-state index in [2.05, 4.69) is 33.9 Å². The molecular weight excluding hydrogens is 274 g/mol. The Bertz CT molecular complexity index is 623. The smallest absolute Gasteiger partial charge is 0.110 e. The van der Waals surface area contributed by atoms with Crippen molar-refractivity contribution in [1.29, 1.82) is 0 Å². The van der Waals surface area contributed by atoms with Gasteiger partial charge in [-0.05, 0) is 31.9 Å². The fraction of sp³-hybridized carbons (Fsp3) is 0.500. The van der Waals surface area contributed by atoms with E-state index < -0.39 is 0 Å². The van der Waals surface area contributed by atoms with Crippen molar-refractivity contribution in [2.45, 2.75) is 45.7 Å². The summed E-state index contributed by atoms with van der Waals surface area (Å²) in [4.78, 5) is 4.47. The van der Waals surface area contributed by atoms with Gasteiger partial charge >= 0.3 is 0 Å². The number of rotatable bonds is 5. The molecule has 2 N–H and O–H groups in total. The van der Waals surface area contributed by atoms with Gasteiger partial charge in [-0.2, -0.15) is 0 Å². The summed E-state index contributed by atoms with van der Waals surface area (Å²) in [5, 5.41) is 13.3. The predicted octanol–water partition coefficient (Wildman–Crippen LogP) is 2.82. The molecule has 1 aliphatic rings. The maximum absolute atomic E-state index is 9.67. The molecule has 0 aliphatic heterocycles. The number of benzene rings is 1. The van der Waals surface area contributed by atoms with E-state index in [-0.39, 0.29) is 12.0 Å². The fourth-order valence-corrected chi connectivity index (χ4v) is 3.54. The third-order valence-corrected chi connectivity index (χ3v) is 5.00. The summed E-state index contributed by atoms with van der Waals surface area (Å²) in [6.45, 7) is 5.24. The lowest BCUT2D eigenvalue weighted by Gasteiger charge is -2.30. The molecule has 0 spiro atoms. The molecule has 2 atom stereocenters. The van der Waals surface area contributed by atoms with Gasteiger partial charge in [0, 0.05) is 30.3 Å². The predicted molar refractivity (Wildman–Crippen MR) is 88.0 cm³/mol. The number of hydrogen-bond donors (Lipinski definition) is 2. The Hall–Kier alpha value is -1.65. The van der Waals surface area contributed by atoms with Crippen molar-refractivity contribution >= 4 is 0 Å². The van der Waals surface area contributed by atoms with Crippen LogP contribution in [0.3, 0.4) is 0 Å². The van der Waals surface area contributed by atoms with Gasteiger partial charge in [-0.1, -0.05) is 31.5 Å². The minimum Gasteiger partial charge on any atom is -0.396 e. The first-order valence-electron chi connectivity index (χ1n) is 8.07. The molecule has 118 valence electrons. The molecule has 2 aromatic rings. The average molecular weight is 299 g/mol. The summed E-state index contributed by atoms with van der Waals surface area (Å²) in [6.07, 6.45) is 5.36. The molecule has 22 heavy (non-hydrogen) atoms. The third-order valence-electron chi connectivity index (χ3n) is 5.00. The normalized spacial score (nSPS) is 24.8. The second-order valence-corrected chi connectivity index (χ2v) is 6.61. The lowest BCUT2D eigenvalue weighted by Crippen LogP contribution is -2.41. The molecule has 1 aliphatic carbocycles. The van der Waals surface area contributed by atoms with Crippen LogP contribution < -0.4 is 5.32 Å². The molecule has 1 aromatic heterocycles. The molecule has 4 nitrogen and oxygen atoms in total. The van der Waals surface area contributed by atoms with Gasteiger partial charge in [0.25, 0.3) is 0 Å². The van der Waals surface area contributed by atoms with E-state index >= 15 is 0 Å². The van der Waals surface area contributed by atoms with Gasteiger partial charge in [-0.25, -0.2) is 4.98 Å². The molecule has 3 rings (SSSR count). The fourth-order valence-electron chi connectivity index (χ4n) is 3.54. The third kappa shape index (κ3) is 2.81. The number of aliphatic hydroxyl groups excluding tert-OH is 1. The number of aryl methyl sites for hydroxylation is 1. The molecular formula is C18H25N3O. The monoisotopic (exact) mass is 299 g/mol. The average Bonchev–Trinajstić information content (AvgIpc) is 3.09. The van der Waals surface area contributed by atoms with E-state index in [9.17, 15) is 5.11 Å². The Balaban J connectivity index is 1.77. The Kier molecular flexibility index (Phi) is 4.32. The number of aromatic nitrogens is 2. The van der Waals surface area contributed by atoms with Crippen LogP contribution >= 0.6 is 0 Å². The van der Waals surface area contributed by atoms with E-state index in [0.717, 1.165) is 36.6 Å². The molecule has 0 radical (unpaired) electrons. The second-order valence-electron chi connectivity index (χ2n) is 6.61. The van der Waals surface area contributed by atoms with Gasteiger partial charge in [0.05, 0.1) is 11.9 Å². The zero-order valence-electron chi connectivity index (χ0n) is 13.4. The molecule has 1 heterocycles. The Labute approximate surface area is 132 Å². The van der Waals surface area contributed by atoms with Crippen molar-refractivity contribution in [1.82, 2.24) is 14.9 Å². The molecule has 1 fully saturated rings. The van der Waals surface area contributed by atoms with Crippen LogP contribution in [0.1, 0.15) is 37.7 Å². The zero-order valence-corrected chi connectivity index (χ0v) is 13.4. The quantitative estimate of drug-likeness (QED) is 0.892. The van der Waals surface area contributed by atoms with E-state index in [1.54, 1.807) is 0 Å². The van der Waals surface area contributed by atoms with Gasteiger partial charge in [0.2, 0.25) is 0 Å². The van der Waals surface area contributed by atoms with Crippen LogP contribution in [0.25, 0.3) is 5.69 Å². The second kappa shape index (κ2) is 6.23. The first-order valence-corrected chi connectivity index (χ1v) is 8.07. The van der Waals surface area contributed by atoms with Crippen molar-refractivity contribution in [3.05, 3.63) is 48.0 Å². The summed E-state index contributed by atoms with van der Waals surface area (Å²) >= 11 is 0. The van der Waals surface area contributed by atoms with E-state index in [1.807, 2.05) is 31.3 Å². The first kappa shape index (κ1) is 15.3. The highest BCUT2D eigenvalue weighted by Gasteiger charge is 2.37. The number of imidazole rings is 1. The van der Waals surface area contributed by atoms with Crippen LogP contribution in [-0.2, 0) is 6.54 Å². The van der Waals surface area contributed by atoms with Gasteiger partial charge < -0.3 is 10.4 Å². The molecule has 1 aromatic carbocycles. The summed E-state index contributed by atoms with van der Waals surface area (Å²) < 4.78 is 2.19. The van der Waals surface area contributed by atoms with Crippen molar-refractivity contribution < 1.29 is 5.11 Å². The van der Waals surface area contributed by atoms with Crippen molar-refractivity contribution in [2.24, 2.45) is 5.41 Å². The molecule has 4 heteroatoms. The van der Waals surface area contributed by atoms with Crippen LogP contribution in [0.5, 0.6) is 0 Å². The van der Waals surface area contributed by atoms with Crippen LogP contribution in [0.2, 0.25) is 0 Å².